The summed E-state index contributed by atoms with van der Waals surface area (Å²) in [4.78, 5) is 13.9. The minimum Gasteiger partial charge on any atom is -0.335 e. The van der Waals surface area contributed by atoms with E-state index < -0.39 is 20.7 Å². The predicted molar refractivity (Wildman–Crippen MR) is 96.6 cm³/mol. The van der Waals surface area contributed by atoms with E-state index in [2.05, 4.69) is 0 Å². The molecule has 0 spiro atoms. The second-order valence-electron chi connectivity index (χ2n) is 6.67. The molecular weight excluding hydrogens is 374 g/mol. The van der Waals surface area contributed by atoms with Crippen molar-refractivity contribution in [2.75, 3.05) is 6.54 Å². The van der Waals surface area contributed by atoms with Crippen molar-refractivity contribution >= 4 is 15.9 Å². The van der Waals surface area contributed by atoms with Gasteiger partial charge in [0.1, 0.15) is 16.5 Å². The summed E-state index contributed by atoms with van der Waals surface area (Å²) in [6, 6.07) is 9.20. The van der Waals surface area contributed by atoms with E-state index in [0.29, 0.717) is 13.0 Å². The zero-order valence-corrected chi connectivity index (χ0v) is 15.4. The largest absolute Gasteiger partial charge is 0.335 e. The molecule has 1 fully saturated rings. The standard InChI is InChI=1S/C19H20F2N2O3S/c20-15-7-4-13(5-8-15)11-16-3-1-2-10-23(16)19(24)14-6-9-17(21)18(12-14)27(22,25)26/h4-9,12,16H,1-3,10-11H2,(H2,22,25,26). The summed E-state index contributed by atoms with van der Waals surface area (Å²) in [7, 11) is -4.27. The van der Waals surface area contributed by atoms with Crippen LogP contribution in [0.4, 0.5) is 8.78 Å². The number of carbonyl (C=O) groups excluding carboxylic acids is 1. The number of halogens is 2. The first-order chi connectivity index (χ1) is 12.8. The maximum Gasteiger partial charge on any atom is 0.254 e. The lowest BCUT2D eigenvalue weighted by molar-refractivity contribution is 0.0613. The lowest BCUT2D eigenvalue weighted by Gasteiger charge is -2.36. The third-order valence-electron chi connectivity index (χ3n) is 4.76. The molecule has 2 aromatic carbocycles. The van der Waals surface area contributed by atoms with Crippen molar-refractivity contribution in [2.45, 2.75) is 36.6 Å². The van der Waals surface area contributed by atoms with Crippen LogP contribution in [0, 0.1) is 11.6 Å². The van der Waals surface area contributed by atoms with Gasteiger partial charge in [-0.25, -0.2) is 22.3 Å². The lowest BCUT2D eigenvalue weighted by Crippen LogP contribution is -2.45. The van der Waals surface area contributed by atoms with Crippen molar-refractivity contribution in [3.05, 3.63) is 65.2 Å². The average Bonchev–Trinajstić information content (AvgIpc) is 2.63. The molecule has 3 rings (SSSR count). The van der Waals surface area contributed by atoms with Crippen molar-refractivity contribution in [3.63, 3.8) is 0 Å². The summed E-state index contributed by atoms with van der Waals surface area (Å²) in [5.41, 5.74) is 0.983. The Labute approximate surface area is 156 Å². The van der Waals surface area contributed by atoms with Gasteiger partial charge in [0, 0.05) is 18.2 Å². The van der Waals surface area contributed by atoms with Gasteiger partial charge in [0.05, 0.1) is 0 Å². The van der Waals surface area contributed by atoms with E-state index in [0.717, 1.165) is 37.0 Å². The van der Waals surface area contributed by atoms with E-state index in [4.69, 9.17) is 5.14 Å². The number of nitrogens with zero attached hydrogens (tertiary/aromatic N) is 1. The second kappa shape index (κ2) is 7.74. The van der Waals surface area contributed by atoms with Crippen molar-refractivity contribution in [2.24, 2.45) is 5.14 Å². The molecule has 1 aliphatic heterocycles. The van der Waals surface area contributed by atoms with Crippen LogP contribution >= 0.6 is 0 Å². The number of amides is 1. The smallest absolute Gasteiger partial charge is 0.254 e. The number of piperidine rings is 1. The number of nitrogens with two attached hydrogens (primary N) is 1. The summed E-state index contributed by atoms with van der Waals surface area (Å²) in [5, 5.41) is 5.02. The topological polar surface area (TPSA) is 80.5 Å². The van der Waals surface area contributed by atoms with Crippen LogP contribution in [0.5, 0.6) is 0 Å². The fourth-order valence-electron chi connectivity index (χ4n) is 3.39. The van der Waals surface area contributed by atoms with Gasteiger partial charge >= 0.3 is 0 Å². The molecule has 0 radical (unpaired) electrons. The zero-order chi connectivity index (χ0) is 19.6. The van der Waals surface area contributed by atoms with Crippen LogP contribution in [0.25, 0.3) is 0 Å². The van der Waals surface area contributed by atoms with Gasteiger partial charge in [-0.3, -0.25) is 4.79 Å². The maximum atomic E-state index is 13.8. The Morgan fingerprint density at radius 3 is 2.48 bits per heavy atom. The molecule has 1 aliphatic rings. The molecule has 1 unspecified atom stereocenters. The zero-order valence-electron chi connectivity index (χ0n) is 14.6. The molecule has 2 aromatic rings. The van der Waals surface area contributed by atoms with E-state index in [1.165, 1.54) is 18.2 Å². The van der Waals surface area contributed by atoms with E-state index in [9.17, 15) is 22.0 Å². The Morgan fingerprint density at radius 1 is 1.11 bits per heavy atom. The minimum absolute atomic E-state index is 0.0754. The Kier molecular flexibility index (Phi) is 5.57. The maximum absolute atomic E-state index is 13.8. The quantitative estimate of drug-likeness (QED) is 0.866. The Morgan fingerprint density at radius 2 is 1.81 bits per heavy atom. The molecule has 8 heteroatoms. The minimum atomic E-state index is -4.27. The molecule has 0 aromatic heterocycles. The molecule has 1 heterocycles. The molecule has 0 aliphatic carbocycles. The molecular formula is C19H20F2N2O3S. The number of rotatable bonds is 4. The fourth-order valence-corrected chi connectivity index (χ4v) is 4.02. The summed E-state index contributed by atoms with van der Waals surface area (Å²) in [6.45, 7) is 0.521. The van der Waals surface area contributed by atoms with Crippen LogP contribution in [0.2, 0.25) is 0 Å². The van der Waals surface area contributed by atoms with E-state index >= 15 is 0 Å². The van der Waals surface area contributed by atoms with Crippen molar-refractivity contribution in [3.8, 4) is 0 Å². The van der Waals surface area contributed by atoms with Gasteiger partial charge < -0.3 is 4.90 Å². The van der Waals surface area contributed by atoms with Gasteiger partial charge in [0.2, 0.25) is 10.0 Å². The van der Waals surface area contributed by atoms with Crippen molar-refractivity contribution < 1.29 is 22.0 Å². The van der Waals surface area contributed by atoms with E-state index in [1.807, 2.05) is 0 Å². The number of carbonyl (C=O) groups is 1. The first-order valence-electron chi connectivity index (χ1n) is 8.63. The number of sulfonamides is 1. The Hall–Kier alpha value is -2.32. The Bertz CT molecular complexity index is 946. The van der Waals surface area contributed by atoms with Gasteiger partial charge in [-0.05, 0) is 61.6 Å². The molecule has 27 heavy (non-hydrogen) atoms. The molecule has 1 amide bonds. The van der Waals surface area contributed by atoms with Crippen LogP contribution in [0.1, 0.15) is 35.2 Å². The molecule has 144 valence electrons. The van der Waals surface area contributed by atoms with Gasteiger partial charge in [0.25, 0.3) is 5.91 Å². The average molecular weight is 394 g/mol. The summed E-state index contributed by atoms with van der Waals surface area (Å²) in [6.07, 6.45) is 3.14. The normalized spacial score (nSPS) is 17.7. The summed E-state index contributed by atoms with van der Waals surface area (Å²) >= 11 is 0. The number of primary sulfonamides is 1. The highest BCUT2D eigenvalue weighted by Crippen LogP contribution is 2.24. The lowest BCUT2D eigenvalue weighted by atomic mass is 9.95. The molecule has 0 bridgehead atoms. The molecule has 0 saturated carbocycles. The molecule has 1 saturated heterocycles. The first kappa shape index (κ1) is 19.4. The van der Waals surface area contributed by atoms with E-state index in [-0.39, 0.29) is 23.3 Å². The number of benzene rings is 2. The third kappa shape index (κ3) is 4.51. The van der Waals surface area contributed by atoms with Gasteiger partial charge in [-0.15, -0.1) is 0 Å². The summed E-state index contributed by atoms with van der Waals surface area (Å²) in [5.74, 6) is -1.68. The monoisotopic (exact) mass is 394 g/mol. The van der Waals surface area contributed by atoms with Gasteiger partial charge in [0.15, 0.2) is 0 Å². The van der Waals surface area contributed by atoms with Crippen LogP contribution in [0.3, 0.4) is 0 Å². The number of hydrogen-bond acceptors (Lipinski definition) is 3. The van der Waals surface area contributed by atoms with Crippen molar-refractivity contribution in [1.82, 2.24) is 4.90 Å². The number of likely N-dealkylation sites (tertiary alicyclic amines) is 1. The van der Waals surface area contributed by atoms with Crippen LogP contribution in [-0.2, 0) is 16.4 Å². The molecule has 2 N–H and O–H groups in total. The van der Waals surface area contributed by atoms with Crippen molar-refractivity contribution in [1.29, 1.82) is 0 Å². The highest BCUT2D eigenvalue weighted by atomic mass is 32.2. The summed E-state index contributed by atoms with van der Waals surface area (Å²) < 4.78 is 49.9. The van der Waals surface area contributed by atoms with Crippen LogP contribution in [0.15, 0.2) is 47.4 Å². The highest BCUT2D eigenvalue weighted by Gasteiger charge is 2.28. The van der Waals surface area contributed by atoms with Crippen LogP contribution < -0.4 is 5.14 Å². The third-order valence-corrected chi connectivity index (χ3v) is 5.68. The predicted octanol–water partition coefficient (Wildman–Crippen LogP) is 2.85. The van der Waals surface area contributed by atoms with Gasteiger partial charge in [-0.1, -0.05) is 12.1 Å². The van der Waals surface area contributed by atoms with Gasteiger partial charge in [-0.2, -0.15) is 0 Å². The Balaban J connectivity index is 1.86. The van der Waals surface area contributed by atoms with E-state index in [1.54, 1.807) is 17.0 Å². The highest BCUT2D eigenvalue weighted by molar-refractivity contribution is 7.89. The molecule has 5 nitrogen and oxygen atoms in total. The SMILES string of the molecule is NS(=O)(=O)c1cc(C(=O)N2CCCCC2Cc2ccc(F)cc2)ccc1F. The fraction of sp³-hybridized carbons (Fsp3) is 0.316. The van der Waals surface area contributed by atoms with Crippen LogP contribution in [-0.4, -0.2) is 31.8 Å². The number of hydrogen-bond donors (Lipinski definition) is 1. The first-order valence-corrected chi connectivity index (χ1v) is 10.2. The second-order valence-corrected chi connectivity index (χ2v) is 8.20. The molecule has 1 atom stereocenters.